The number of sulfone groups is 1. The lowest BCUT2D eigenvalue weighted by Crippen LogP contribution is -2.49. The maximum absolute atomic E-state index is 11.5. The molecule has 5 nitrogen and oxygen atoms in total. The zero-order valence-electron chi connectivity index (χ0n) is 11.7. The van der Waals surface area contributed by atoms with Gasteiger partial charge in [-0.1, -0.05) is 0 Å². The molecule has 1 heterocycles. The third-order valence-corrected chi connectivity index (χ3v) is 5.62. The van der Waals surface area contributed by atoms with E-state index in [1.807, 2.05) is 20.8 Å². The Kier molecular flexibility index (Phi) is 5.17. The molecule has 1 aliphatic rings. The van der Waals surface area contributed by atoms with Crippen molar-refractivity contribution >= 4 is 9.84 Å². The second-order valence-corrected chi connectivity index (χ2v) is 7.84. The van der Waals surface area contributed by atoms with Gasteiger partial charge in [0.15, 0.2) is 9.84 Å². The van der Waals surface area contributed by atoms with Crippen LogP contribution in [0.5, 0.6) is 0 Å². The fourth-order valence-corrected chi connectivity index (χ4v) is 3.76. The summed E-state index contributed by atoms with van der Waals surface area (Å²) >= 11 is 0. The van der Waals surface area contributed by atoms with Crippen LogP contribution in [0, 0.1) is 0 Å². The van der Waals surface area contributed by atoms with Crippen molar-refractivity contribution in [2.45, 2.75) is 44.9 Å². The van der Waals surface area contributed by atoms with E-state index < -0.39 is 21.5 Å². The van der Waals surface area contributed by atoms with E-state index in [1.165, 1.54) is 0 Å². The first-order valence-corrected chi connectivity index (χ1v) is 8.18. The Morgan fingerprint density at radius 3 is 2.61 bits per heavy atom. The predicted octanol–water partition coefficient (Wildman–Crippen LogP) is 0.281. The third-order valence-electron chi connectivity index (χ3n) is 3.83. The van der Waals surface area contributed by atoms with E-state index >= 15 is 0 Å². The highest BCUT2D eigenvalue weighted by Gasteiger charge is 2.31. The maximum atomic E-state index is 11.5. The Morgan fingerprint density at radius 1 is 1.50 bits per heavy atom. The van der Waals surface area contributed by atoms with E-state index in [1.54, 1.807) is 7.11 Å². The summed E-state index contributed by atoms with van der Waals surface area (Å²) in [6.07, 6.45) is 0.0406. The summed E-state index contributed by atoms with van der Waals surface area (Å²) in [7, 11) is -1.28. The van der Waals surface area contributed by atoms with Crippen molar-refractivity contribution in [1.29, 1.82) is 0 Å². The molecule has 2 atom stereocenters. The van der Waals surface area contributed by atoms with Crippen LogP contribution in [-0.2, 0) is 14.6 Å². The highest BCUT2D eigenvalue weighted by atomic mass is 32.2. The zero-order chi connectivity index (χ0) is 14.0. The number of hydrogen-bond donors (Lipinski definition) is 1. The highest BCUT2D eigenvalue weighted by molar-refractivity contribution is 7.91. The topological polar surface area (TPSA) is 66.8 Å². The van der Waals surface area contributed by atoms with Gasteiger partial charge in [-0.25, -0.2) is 8.42 Å². The molecule has 0 bridgehead atoms. The van der Waals surface area contributed by atoms with Crippen molar-refractivity contribution in [3.05, 3.63) is 0 Å². The monoisotopic (exact) mass is 279 g/mol. The fourth-order valence-electron chi connectivity index (χ4n) is 2.14. The number of rotatable bonds is 5. The second-order valence-electron chi connectivity index (χ2n) is 5.61. The molecule has 1 fully saturated rings. The summed E-state index contributed by atoms with van der Waals surface area (Å²) in [6.45, 7) is 6.88. The van der Waals surface area contributed by atoms with Crippen LogP contribution in [0.4, 0.5) is 0 Å². The van der Waals surface area contributed by atoms with E-state index in [2.05, 4.69) is 4.90 Å². The number of hydrogen-bond acceptors (Lipinski definition) is 5. The molecular weight excluding hydrogens is 254 g/mol. The number of nitrogens with zero attached hydrogens (tertiary/aromatic N) is 1. The van der Waals surface area contributed by atoms with Crippen LogP contribution in [0.2, 0.25) is 0 Å². The van der Waals surface area contributed by atoms with Crippen molar-refractivity contribution in [3.8, 4) is 0 Å². The maximum Gasteiger partial charge on any atom is 0.153 e. The quantitative estimate of drug-likeness (QED) is 0.783. The molecule has 1 N–H and O–H groups in total. The van der Waals surface area contributed by atoms with Crippen molar-refractivity contribution in [1.82, 2.24) is 4.90 Å². The highest BCUT2D eigenvalue weighted by Crippen LogP contribution is 2.18. The van der Waals surface area contributed by atoms with Gasteiger partial charge >= 0.3 is 0 Å². The minimum absolute atomic E-state index is 0.0293. The van der Waals surface area contributed by atoms with Gasteiger partial charge in [0.1, 0.15) is 0 Å². The van der Waals surface area contributed by atoms with E-state index in [0.717, 1.165) is 0 Å². The van der Waals surface area contributed by atoms with Crippen LogP contribution in [0.15, 0.2) is 0 Å². The number of aliphatic hydroxyl groups is 1. The minimum atomic E-state index is -2.87. The van der Waals surface area contributed by atoms with Crippen LogP contribution in [0.3, 0.4) is 0 Å². The molecule has 1 saturated heterocycles. The Bertz CT molecular complexity index is 366. The molecule has 0 amide bonds. The van der Waals surface area contributed by atoms with Gasteiger partial charge in [-0.15, -0.1) is 0 Å². The summed E-state index contributed by atoms with van der Waals surface area (Å²) in [5.74, 6) is 0.442. The summed E-state index contributed by atoms with van der Waals surface area (Å²) in [5.41, 5.74) is -0.564. The summed E-state index contributed by atoms with van der Waals surface area (Å²) in [6, 6.07) is 0.0293. The third kappa shape index (κ3) is 4.19. The van der Waals surface area contributed by atoms with Crippen LogP contribution < -0.4 is 0 Å². The van der Waals surface area contributed by atoms with Gasteiger partial charge in [-0.2, -0.15) is 0 Å². The van der Waals surface area contributed by atoms with Gasteiger partial charge in [0.25, 0.3) is 0 Å². The van der Waals surface area contributed by atoms with E-state index in [-0.39, 0.29) is 17.5 Å². The largest absolute Gasteiger partial charge is 0.390 e. The molecule has 108 valence electrons. The van der Waals surface area contributed by atoms with Crippen molar-refractivity contribution in [2.75, 3.05) is 31.7 Å². The van der Waals surface area contributed by atoms with Crippen LogP contribution in [-0.4, -0.2) is 67.9 Å². The van der Waals surface area contributed by atoms with Gasteiger partial charge < -0.3 is 9.84 Å². The SMILES string of the molecule is COC(C)(C)C(O)CCN1CCS(=O)(=O)CC1C. The molecule has 1 aliphatic heterocycles. The molecule has 0 saturated carbocycles. The van der Waals surface area contributed by atoms with Gasteiger partial charge in [0, 0.05) is 26.2 Å². The van der Waals surface area contributed by atoms with Crippen molar-refractivity contribution in [2.24, 2.45) is 0 Å². The molecular formula is C12H25NO4S. The van der Waals surface area contributed by atoms with E-state index in [0.29, 0.717) is 19.5 Å². The Hall–Kier alpha value is -0.170. The van der Waals surface area contributed by atoms with Crippen LogP contribution >= 0.6 is 0 Å². The molecule has 0 aliphatic carbocycles. The lowest BCUT2D eigenvalue weighted by Gasteiger charge is -2.35. The lowest BCUT2D eigenvalue weighted by molar-refractivity contribution is -0.0828. The first-order chi connectivity index (χ1) is 8.18. The first-order valence-electron chi connectivity index (χ1n) is 6.35. The molecule has 0 aromatic rings. The summed E-state index contributed by atoms with van der Waals surface area (Å²) in [5, 5.41) is 10.0. The lowest BCUT2D eigenvalue weighted by atomic mass is 9.98. The molecule has 0 radical (unpaired) electrons. The molecule has 0 aromatic heterocycles. The van der Waals surface area contributed by atoms with Crippen LogP contribution in [0.25, 0.3) is 0 Å². The van der Waals surface area contributed by atoms with Gasteiger partial charge in [0.05, 0.1) is 23.2 Å². The second kappa shape index (κ2) is 5.86. The van der Waals surface area contributed by atoms with E-state index in [9.17, 15) is 13.5 Å². The smallest absolute Gasteiger partial charge is 0.153 e. The average Bonchev–Trinajstić information content (AvgIpc) is 2.26. The molecule has 0 aromatic carbocycles. The van der Waals surface area contributed by atoms with Gasteiger partial charge in [-0.3, -0.25) is 4.90 Å². The Labute approximate surface area is 110 Å². The zero-order valence-corrected chi connectivity index (χ0v) is 12.5. The van der Waals surface area contributed by atoms with Crippen LogP contribution in [0.1, 0.15) is 27.2 Å². The van der Waals surface area contributed by atoms with Crippen molar-refractivity contribution in [3.63, 3.8) is 0 Å². The average molecular weight is 279 g/mol. The Morgan fingerprint density at radius 2 is 2.11 bits per heavy atom. The normalized spacial score (nSPS) is 27.1. The summed E-state index contributed by atoms with van der Waals surface area (Å²) in [4.78, 5) is 2.12. The van der Waals surface area contributed by atoms with Gasteiger partial charge in [0.2, 0.25) is 0 Å². The summed E-state index contributed by atoms with van der Waals surface area (Å²) < 4.78 is 28.1. The predicted molar refractivity (Wildman–Crippen MR) is 71.4 cm³/mol. The molecule has 18 heavy (non-hydrogen) atoms. The molecule has 2 unspecified atom stereocenters. The van der Waals surface area contributed by atoms with Gasteiger partial charge in [-0.05, 0) is 27.2 Å². The number of ether oxygens (including phenoxy) is 1. The number of aliphatic hydroxyl groups excluding tert-OH is 1. The standard InChI is InChI=1S/C12H25NO4S/c1-10-9-18(15,16)8-7-13(10)6-5-11(14)12(2,3)17-4/h10-11,14H,5-9H2,1-4H3. The number of methoxy groups -OCH3 is 1. The fraction of sp³-hybridized carbons (Fsp3) is 1.00. The minimum Gasteiger partial charge on any atom is -0.390 e. The van der Waals surface area contributed by atoms with Crippen molar-refractivity contribution < 1.29 is 18.3 Å². The molecule has 6 heteroatoms. The van der Waals surface area contributed by atoms with E-state index in [4.69, 9.17) is 4.74 Å². The molecule has 0 spiro atoms. The molecule has 1 rings (SSSR count). The Balaban J connectivity index is 2.45. The first kappa shape index (κ1) is 15.9.